The van der Waals surface area contributed by atoms with Gasteiger partial charge in [-0.1, -0.05) is 256 Å². The zero-order valence-electron chi connectivity index (χ0n) is 42.2. The van der Waals surface area contributed by atoms with Gasteiger partial charge in [-0.25, -0.2) is 0 Å². The summed E-state index contributed by atoms with van der Waals surface area (Å²) in [5.74, 6) is -1.11. The molecule has 0 bridgehead atoms. The van der Waals surface area contributed by atoms with Crippen molar-refractivity contribution in [2.24, 2.45) is 5.92 Å². The molecular formula is C58H108O4. The summed E-state index contributed by atoms with van der Waals surface area (Å²) in [5.41, 5.74) is 0. The molecule has 364 valence electrons. The Morgan fingerprint density at radius 1 is 0.323 bits per heavy atom. The molecule has 0 heterocycles. The second kappa shape index (κ2) is 53.5. The third-order valence-corrected chi connectivity index (χ3v) is 12.6. The van der Waals surface area contributed by atoms with E-state index in [0.29, 0.717) is 13.2 Å². The Bertz CT molecular complexity index is 982. The molecule has 0 saturated carbocycles. The molecule has 4 nitrogen and oxygen atoms in total. The van der Waals surface area contributed by atoms with Crippen LogP contribution in [0.4, 0.5) is 0 Å². The average molecular weight is 869 g/mol. The Kier molecular flexibility index (Phi) is 51.9. The first-order valence-electron chi connectivity index (χ1n) is 27.9. The molecule has 0 rings (SSSR count). The van der Waals surface area contributed by atoms with Crippen LogP contribution in [0.2, 0.25) is 0 Å². The highest BCUT2D eigenvalue weighted by Crippen LogP contribution is 2.17. The van der Waals surface area contributed by atoms with Crippen molar-refractivity contribution in [2.75, 3.05) is 13.2 Å². The summed E-state index contributed by atoms with van der Waals surface area (Å²) in [7, 11) is 0. The van der Waals surface area contributed by atoms with Gasteiger partial charge in [-0.2, -0.15) is 0 Å². The lowest BCUT2D eigenvalue weighted by Crippen LogP contribution is -2.21. The standard InChI is InChI=1S/C58H108O4/c1-4-7-10-13-16-19-22-25-28-31-34-37-40-43-46-49-52-56(58(60)62-54-51-48-45-42-39-36-33-30-27-24-21-18-15-12-9-6-3)55-57(59)61-53-50-47-44-41-38-35-32-29-26-23-20-17-14-11-8-5-2/h26-27,29-30,49,52,56H,4-25,28,31-48,50-51,53-55H2,1-3H3/b29-26-,30-27-,52-49?. The minimum atomic E-state index is -0.553. The van der Waals surface area contributed by atoms with E-state index in [1.807, 2.05) is 6.08 Å². The first-order chi connectivity index (χ1) is 30.7. The summed E-state index contributed by atoms with van der Waals surface area (Å²) in [6.45, 7) is 7.72. The normalized spacial score (nSPS) is 12.4. The molecule has 0 saturated heterocycles. The van der Waals surface area contributed by atoms with Gasteiger partial charge in [0, 0.05) is 0 Å². The Morgan fingerprint density at radius 3 is 0.903 bits per heavy atom. The van der Waals surface area contributed by atoms with E-state index in [1.54, 1.807) is 0 Å². The molecule has 0 N–H and O–H groups in total. The number of ether oxygens (including phenoxy) is 2. The van der Waals surface area contributed by atoms with Gasteiger partial charge >= 0.3 is 11.9 Å². The summed E-state index contributed by atoms with van der Waals surface area (Å²) >= 11 is 0. The van der Waals surface area contributed by atoms with E-state index in [1.165, 1.54) is 238 Å². The lowest BCUT2D eigenvalue weighted by molar-refractivity contribution is -0.153. The van der Waals surface area contributed by atoms with Crippen LogP contribution < -0.4 is 0 Å². The smallest absolute Gasteiger partial charge is 0.313 e. The summed E-state index contributed by atoms with van der Waals surface area (Å²) in [5, 5.41) is 0. The van der Waals surface area contributed by atoms with Crippen molar-refractivity contribution in [3.05, 3.63) is 36.5 Å². The molecule has 0 spiro atoms. The fourth-order valence-electron chi connectivity index (χ4n) is 8.35. The summed E-state index contributed by atoms with van der Waals surface area (Å²) in [6, 6.07) is 0. The van der Waals surface area contributed by atoms with E-state index in [0.717, 1.165) is 38.5 Å². The highest BCUT2D eigenvalue weighted by molar-refractivity contribution is 5.81. The van der Waals surface area contributed by atoms with Crippen LogP contribution in [0.5, 0.6) is 0 Å². The minimum absolute atomic E-state index is 0.0772. The van der Waals surface area contributed by atoms with E-state index in [2.05, 4.69) is 51.2 Å². The molecule has 0 aliphatic heterocycles. The number of allylic oxidation sites excluding steroid dienone is 5. The molecular weight excluding hydrogens is 761 g/mol. The van der Waals surface area contributed by atoms with Crippen LogP contribution in [0.15, 0.2) is 36.5 Å². The van der Waals surface area contributed by atoms with Crippen LogP contribution in [0.3, 0.4) is 0 Å². The maximum absolute atomic E-state index is 13.2. The van der Waals surface area contributed by atoms with Gasteiger partial charge in [0.25, 0.3) is 0 Å². The topological polar surface area (TPSA) is 52.6 Å². The fourth-order valence-corrected chi connectivity index (χ4v) is 8.35. The maximum Gasteiger partial charge on any atom is 0.313 e. The molecule has 0 aromatic rings. The zero-order chi connectivity index (χ0) is 44.9. The van der Waals surface area contributed by atoms with Gasteiger partial charge in [0.15, 0.2) is 0 Å². The van der Waals surface area contributed by atoms with E-state index < -0.39 is 5.92 Å². The summed E-state index contributed by atoms with van der Waals surface area (Å²) < 4.78 is 11.4. The van der Waals surface area contributed by atoms with Gasteiger partial charge in [0.1, 0.15) is 0 Å². The Balaban J connectivity index is 4.31. The lowest BCUT2D eigenvalue weighted by Gasteiger charge is -2.13. The first kappa shape index (κ1) is 60.2. The molecule has 62 heavy (non-hydrogen) atoms. The summed E-state index contributed by atoms with van der Waals surface area (Å²) in [6.07, 6.45) is 68.7. The SMILES string of the molecule is CCCCCCCC/C=C\CCCCCCCCOC(=O)CC(C=CCCCCCCCCCCCCCCCC)C(=O)OCCCCCCCC/C=C\CCCCCCCC. The Labute approximate surface area is 388 Å². The van der Waals surface area contributed by atoms with Crippen LogP contribution in [0.1, 0.15) is 303 Å². The number of esters is 2. The van der Waals surface area contributed by atoms with Crippen molar-refractivity contribution in [3.8, 4) is 0 Å². The Hall–Kier alpha value is -1.84. The highest BCUT2D eigenvalue weighted by atomic mass is 16.5. The minimum Gasteiger partial charge on any atom is -0.466 e. The van der Waals surface area contributed by atoms with E-state index in [9.17, 15) is 9.59 Å². The third-order valence-electron chi connectivity index (χ3n) is 12.6. The second-order valence-electron chi connectivity index (χ2n) is 18.9. The molecule has 0 fully saturated rings. The maximum atomic E-state index is 13.2. The number of hydrogen-bond donors (Lipinski definition) is 0. The van der Waals surface area contributed by atoms with Crippen molar-refractivity contribution in [1.82, 2.24) is 0 Å². The summed E-state index contributed by atoms with van der Waals surface area (Å²) in [4.78, 5) is 26.0. The fraction of sp³-hybridized carbons (Fsp3) is 0.862. The zero-order valence-corrected chi connectivity index (χ0v) is 42.2. The Morgan fingerprint density at radius 2 is 0.581 bits per heavy atom. The lowest BCUT2D eigenvalue weighted by atomic mass is 10.0. The average Bonchev–Trinajstić information content (AvgIpc) is 3.27. The quantitative estimate of drug-likeness (QED) is 0.0347. The number of hydrogen-bond acceptors (Lipinski definition) is 4. The highest BCUT2D eigenvalue weighted by Gasteiger charge is 2.21. The van der Waals surface area contributed by atoms with Gasteiger partial charge in [-0.15, -0.1) is 0 Å². The van der Waals surface area contributed by atoms with E-state index >= 15 is 0 Å². The molecule has 1 atom stereocenters. The predicted molar refractivity (Wildman–Crippen MR) is 273 cm³/mol. The van der Waals surface area contributed by atoms with Crippen molar-refractivity contribution >= 4 is 11.9 Å². The van der Waals surface area contributed by atoms with Crippen molar-refractivity contribution in [2.45, 2.75) is 303 Å². The molecule has 0 aromatic heterocycles. The molecule has 0 aromatic carbocycles. The largest absolute Gasteiger partial charge is 0.466 e. The van der Waals surface area contributed by atoms with Crippen molar-refractivity contribution in [3.63, 3.8) is 0 Å². The molecule has 1 unspecified atom stereocenters. The van der Waals surface area contributed by atoms with Gasteiger partial charge < -0.3 is 9.47 Å². The van der Waals surface area contributed by atoms with Crippen molar-refractivity contribution in [1.29, 1.82) is 0 Å². The first-order valence-corrected chi connectivity index (χ1v) is 27.9. The van der Waals surface area contributed by atoms with Crippen LogP contribution in [-0.2, 0) is 19.1 Å². The van der Waals surface area contributed by atoms with Gasteiger partial charge in [0.05, 0.1) is 25.6 Å². The van der Waals surface area contributed by atoms with Crippen molar-refractivity contribution < 1.29 is 19.1 Å². The third kappa shape index (κ3) is 49.2. The van der Waals surface area contributed by atoms with Gasteiger partial charge in [-0.05, 0) is 77.0 Å². The number of rotatable bonds is 51. The molecule has 4 heteroatoms. The number of unbranched alkanes of at least 4 members (excludes halogenated alkanes) is 38. The second-order valence-corrected chi connectivity index (χ2v) is 18.9. The predicted octanol–water partition coefficient (Wildman–Crippen LogP) is 19.6. The molecule has 0 radical (unpaired) electrons. The van der Waals surface area contributed by atoms with Crippen LogP contribution in [0.25, 0.3) is 0 Å². The van der Waals surface area contributed by atoms with E-state index in [-0.39, 0.29) is 18.4 Å². The molecule has 0 aliphatic carbocycles. The van der Waals surface area contributed by atoms with Crippen LogP contribution in [0, 0.1) is 5.92 Å². The van der Waals surface area contributed by atoms with Gasteiger partial charge in [-0.3, -0.25) is 9.59 Å². The number of carbonyl (C=O) groups excluding carboxylic acids is 2. The van der Waals surface area contributed by atoms with Gasteiger partial charge in [0.2, 0.25) is 0 Å². The van der Waals surface area contributed by atoms with Crippen LogP contribution >= 0.6 is 0 Å². The number of carbonyl (C=O) groups is 2. The monoisotopic (exact) mass is 869 g/mol. The molecule has 0 aliphatic rings. The molecule has 0 amide bonds. The van der Waals surface area contributed by atoms with Crippen LogP contribution in [-0.4, -0.2) is 25.2 Å². The van der Waals surface area contributed by atoms with E-state index in [4.69, 9.17) is 9.47 Å².